The van der Waals surface area contributed by atoms with Gasteiger partial charge in [-0.3, -0.25) is 9.59 Å². The number of benzene rings is 2. The molecular weight excluding hydrogens is 524 g/mol. The van der Waals surface area contributed by atoms with E-state index in [0.717, 1.165) is 31.2 Å². The molecule has 0 fully saturated rings. The number of nitrogens with two attached hydrogens (primary N) is 2. The van der Waals surface area contributed by atoms with Crippen LogP contribution in [0.25, 0.3) is 11.1 Å². The molecule has 0 bridgehead atoms. The summed E-state index contributed by atoms with van der Waals surface area (Å²) >= 11 is 7.22. The van der Waals surface area contributed by atoms with E-state index in [9.17, 15) is 9.59 Å². The zero-order valence-electron chi connectivity index (χ0n) is 17.3. The van der Waals surface area contributed by atoms with E-state index in [0.29, 0.717) is 51.9 Å². The Balaban J connectivity index is 2.01. The topological polar surface area (TPSA) is 110 Å². The van der Waals surface area contributed by atoms with Gasteiger partial charge in [-0.15, -0.1) is 0 Å². The van der Waals surface area contributed by atoms with E-state index in [4.69, 9.17) is 11.5 Å². The molecule has 1 aliphatic carbocycles. The maximum Gasteiger partial charge on any atom is 0.220 e. The molecule has 2 amide bonds. The highest BCUT2D eigenvalue weighted by Gasteiger charge is 2.43. The van der Waals surface area contributed by atoms with E-state index in [1.54, 1.807) is 0 Å². The summed E-state index contributed by atoms with van der Waals surface area (Å²) in [5, 5.41) is 5.72. The third-order valence-corrected chi connectivity index (χ3v) is 6.76. The molecule has 0 saturated carbocycles. The highest BCUT2D eigenvalue weighted by atomic mass is 79.9. The Kier molecular flexibility index (Phi) is 8.27. The lowest BCUT2D eigenvalue weighted by molar-refractivity contribution is -0.121. The van der Waals surface area contributed by atoms with Crippen LogP contribution in [0.4, 0.5) is 0 Å². The fourth-order valence-electron chi connectivity index (χ4n) is 4.36. The lowest BCUT2D eigenvalue weighted by atomic mass is 9.71. The van der Waals surface area contributed by atoms with Gasteiger partial charge in [0.15, 0.2) is 0 Å². The summed E-state index contributed by atoms with van der Waals surface area (Å²) in [4.78, 5) is 24.9. The fraction of sp³-hybridized carbons (Fsp3) is 0.391. The van der Waals surface area contributed by atoms with Gasteiger partial charge in [-0.25, -0.2) is 0 Å². The summed E-state index contributed by atoms with van der Waals surface area (Å²) < 4.78 is 1.95. The molecule has 0 atom stereocenters. The van der Waals surface area contributed by atoms with Crippen LogP contribution in [0.3, 0.4) is 0 Å². The first-order chi connectivity index (χ1) is 14.9. The average Bonchev–Trinajstić information content (AvgIpc) is 3.02. The highest BCUT2D eigenvalue weighted by Crippen LogP contribution is 2.54. The van der Waals surface area contributed by atoms with Crippen LogP contribution in [0.1, 0.15) is 36.8 Å². The normalized spacial score (nSPS) is 13.4. The minimum Gasteiger partial charge on any atom is -0.355 e. The molecule has 31 heavy (non-hydrogen) atoms. The second-order valence-corrected chi connectivity index (χ2v) is 9.57. The lowest BCUT2D eigenvalue weighted by Crippen LogP contribution is -2.34. The van der Waals surface area contributed by atoms with E-state index < -0.39 is 5.41 Å². The van der Waals surface area contributed by atoms with E-state index in [-0.39, 0.29) is 11.8 Å². The van der Waals surface area contributed by atoms with Crippen LogP contribution >= 0.6 is 31.9 Å². The van der Waals surface area contributed by atoms with E-state index in [2.05, 4.69) is 66.8 Å². The average molecular weight is 552 g/mol. The van der Waals surface area contributed by atoms with Crippen molar-refractivity contribution < 1.29 is 9.59 Å². The van der Waals surface area contributed by atoms with Gasteiger partial charge in [0.25, 0.3) is 0 Å². The monoisotopic (exact) mass is 550 g/mol. The Hall–Kier alpha value is -1.74. The molecular formula is C23H28Br2N4O2. The quantitative estimate of drug-likeness (QED) is 0.363. The van der Waals surface area contributed by atoms with E-state index in [1.165, 1.54) is 0 Å². The van der Waals surface area contributed by atoms with Crippen LogP contribution < -0.4 is 22.1 Å². The summed E-state index contributed by atoms with van der Waals surface area (Å²) in [5.41, 5.74) is 15.2. The molecule has 166 valence electrons. The largest absolute Gasteiger partial charge is 0.355 e. The zero-order valence-corrected chi connectivity index (χ0v) is 20.5. The van der Waals surface area contributed by atoms with Gasteiger partial charge in [-0.05, 0) is 59.4 Å². The highest BCUT2D eigenvalue weighted by molar-refractivity contribution is 9.10. The van der Waals surface area contributed by atoms with Gasteiger partial charge in [-0.1, -0.05) is 44.0 Å². The van der Waals surface area contributed by atoms with Crippen molar-refractivity contribution in [1.29, 1.82) is 0 Å². The SMILES string of the molecule is NCCNC(=O)CCC1(CCC(=O)NCCN)c2cc(Br)ccc2-c2ccc(Br)cc21. The second-order valence-electron chi connectivity index (χ2n) is 7.74. The van der Waals surface area contributed by atoms with E-state index in [1.807, 2.05) is 12.1 Å². The first-order valence-electron chi connectivity index (χ1n) is 10.5. The first kappa shape index (κ1) is 23.9. The summed E-state index contributed by atoms with van der Waals surface area (Å²) in [5.74, 6) is -0.0604. The van der Waals surface area contributed by atoms with E-state index >= 15 is 0 Å². The Morgan fingerprint density at radius 2 is 1.19 bits per heavy atom. The standard InChI is InChI=1S/C23H28Br2N4O2/c24-15-1-3-17-18-4-2-16(25)14-20(18)23(19(17)13-15,7-5-21(30)28-11-9-26)8-6-22(31)29-12-10-27/h1-4,13-14H,5-12,26-27H2,(H,28,30)(H,29,31). The minimum absolute atomic E-state index is 0.0302. The molecule has 0 heterocycles. The molecule has 2 aromatic rings. The van der Waals surface area contributed by atoms with Crippen molar-refractivity contribution in [2.45, 2.75) is 31.1 Å². The van der Waals surface area contributed by atoms with Gasteiger partial charge in [0.1, 0.15) is 0 Å². The van der Waals surface area contributed by atoms with Crippen LogP contribution in [0.2, 0.25) is 0 Å². The van der Waals surface area contributed by atoms with Crippen molar-refractivity contribution in [2.75, 3.05) is 26.2 Å². The number of nitrogens with one attached hydrogen (secondary N) is 2. The van der Waals surface area contributed by atoms with Crippen molar-refractivity contribution in [3.63, 3.8) is 0 Å². The number of hydrogen-bond donors (Lipinski definition) is 4. The molecule has 0 saturated heterocycles. The molecule has 3 rings (SSSR count). The minimum atomic E-state index is -0.446. The summed E-state index contributed by atoms with van der Waals surface area (Å²) in [7, 11) is 0. The van der Waals surface area contributed by atoms with Crippen LogP contribution in [0.15, 0.2) is 45.3 Å². The number of fused-ring (bicyclic) bond motifs is 3. The van der Waals surface area contributed by atoms with Gasteiger partial charge in [0, 0.05) is 53.4 Å². The molecule has 2 aromatic carbocycles. The molecule has 0 spiro atoms. The van der Waals surface area contributed by atoms with Crippen molar-refractivity contribution in [1.82, 2.24) is 10.6 Å². The molecule has 8 heteroatoms. The Morgan fingerprint density at radius 1 is 0.774 bits per heavy atom. The molecule has 6 N–H and O–H groups in total. The molecule has 0 unspecified atom stereocenters. The summed E-state index contributed by atoms with van der Waals surface area (Å²) in [6.45, 7) is 1.72. The van der Waals surface area contributed by atoms with Crippen molar-refractivity contribution >= 4 is 43.7 Å². The van der Waals surface area contributed by atoms with Crippen LogP contribution in [0.5, 0.6) is 0 Å². The number of hydrogen-bond acceptors (Lipinski definition) is 4. The third kappa shape index (κ3) is 5.37. The predicted octanol–water partition coefficient (Wildman–Crippen LogP) is 3.19. The molecule has 0 radical (unpaired) electrons. The third-order valence-electron chi connectivity index (χ3n) is 5.78. The van der Waals surface area contributed by atoms with Gasteiger partial charge in [0.2, 0.25) is 11.8 Å². The number of carbonyl (C=O) groups is 2. The van der Waals surface area contributed by atoms with Crippen molar-refractivity contribution in [3.05, 3.63) is 56.5 Å². The number of halogens is 2. The predicted molar refractivity (Wildman–Crippen MR) is 131 cm³/mol. The summed E-state index contributed by atoms with van der Waals surface area (Å²) in [6, 6.07) is 12.5. The second kappa shape index (κ2) is 10.7. The van der Waals surface area contributed by atoms with Crippen LogP contribution in [-0.4, -0.2) is 38.0 Å². The Bertz CT molecular complexity index is 887. The smallest absolute Gasteiger partial charge is 0.220 e. The van der Waals surface area contributed by atoms with Crippen molar-refractivity contribution in [3.8, 4) is 11.1 Å². The Labute approximate surface area is 199 Å². The van der Waals surface area contributed by atoms with Gasteiger partial charge < -0.3 is 22.1 Å². The maximum atomic E-state index is 12.5. The molecule has 1 aliphatic rings. The molecule has 6 nitrogen and oxygen atoms in total. The fourth-order valence-corrected chi connectivity index (χ4v) is 5.08. The number of rotatable bonds is 10. The van der Waals surface area contributed by atoms with Gasteiger partial charge >= 0.3 is 0 Å². The number of amides is 2. The summed E-state index contributed by atoms with van der Waals surface area (Å²) in [6.07, 6.45) is 1.89. The first-order valence-corrected chi connectivity index (χ1v) is 12.0. The Morgan fingerprint density at radius 3 is 1.58 bits per heavy atom. The van der Waals surface area contributed by atoms with Crippen LogP contribution in [0, 0.1) is 0 Å². The number of carbonyl (C=O) groups excluding carboxylic acids is 2. The van der Waals surface area contributed by atoms with Crippen LogP contribution in [-0.2, 0) is 15.0 Å². The molecule has 0 aliphatic heterocycles. The van der Waals surface area contributed by atoms with Gasteiger partial charge in [-0.2, -0.15) is 0 Å². The lowest BCUT2D eigenvalue weighted by Gasteiger charge is -2.32. The van der Waals surface area contributed by atoms with Crippen molar-refractivity contribution in [2.24, 2.45) is 11.5 Å². The van der Waals surface area contributed by atoms with Gasteiger partial charge in [0.05, 0.1) is 0 Å². The zero-order chi connectivity index (χ0) is 22.4. The maximum absolute atomic E-state index is 12.5. The molecule has 0 aromatic heterocycles.